The van der Waals surface area contributed by atoms with E-state index in [9.17, 15) is 20.1 Å². The Labute approximate surface area is 99.3 Å². The van der Waals surface area contributed by atoms with E-state index < -0.39 is 41.8 Å². The third-order valence-corrected chi connectivity index (χ3v) is 1.84. The highest BCUT2D eigenvalue weighted by atomic mass is 16.4. The number of carboxylic acid groups (broad SMARTS) is 1. The lowest BCUT2D eigenvalue weighted by atomic mass is 9.98. The zero-order valence-corrected chi connectivity index (χ0v) is 8.06. The summed E-state index contributed by atoms with van der Waals surface area (Å²) >= 11 is 0. The van der Waals surface area contributed by atoms with Crippen LogP contribution in [0.4, 0.5) is 0 Å². The first-order valence-corrected chi connectivity index (χ1v) is 4.15. The number of rotatable bonds is 4. The van der Waals surface area contributed by atoms with Gasteiger partial charge in [-0.05, 0) is 24.5 Å². The summed E-state index contributed by atoms with van der Waals surface area (Å²) in [6.45, 7) is -3.34. The number of hydrazine groups is 1. The second-order valence-electron chi connectivity index (χ2n) is 3.03. The lowest BCUT2D eigenvalue weighted by Crippen LogP contribution is -2.54. The number of nitrogens with two attached hydrogens (primary N) is 1. The zero-order valence-electron chi connectivity index (χ0n) is 13.1. The molecule has 0 radical (unpaired) electrons. The van der Waals surface area contributed by atoms with Crippen molar-refractivity contribution >= 4 is 5.97 Å². The molecule has 0 aromatic heterocycles. The Morgan fingerprint density at radius 2 is 2.31 bits per heavy atom. The van der Waals surface area contributed by atoms with Crippen LogP contribution in [0.15, 0.2) is 18.2 Å². The van der Waals surface area contributed by atoms with Gasteiger partial charge >= 0.3 is 5.97 Å². The molecule has 6 nitrogen and oxygen atoms in total. The Hall–Kier alpha value is -1.79. The molecule has 0 saturated heterocycles. The first-order chi connectivity index (χ1) is 9.41. The molecule has 6 N–H and O–H groups in total. The van der Waals surface area contributed by atoms with Crippen LogP contribution in [0.1, 0.15) is 19.3 Å². The Morgan fingerprint density at radius 1 is 1.62 bits per heavy atom. The van der Waals surface area contributed by atoms with Crippen LogP contribution < -0.4 is 11.3 Å². The smallest absolute Gasteiger partial charge is 0.325 e. The number of hydrogen-bond acceptors (Lipinski definition) is 5. The fraction of sp³-hybridized carbons (Fsp3) is 0.300. The molecular formula is C10H14N2O4. The summed E-state index contributed by atoms with van der Waals surface area (Å²) in [5.41, 5.74) is -2.08. The fourth-order valence-corrected chi connectivity index (χ4v) is 0.969. The predicted octanol–water partition coefficient (Wildman–Crippen LogP) is -0.0531. The summed E-state index contributed by atoms with van der Waals surface area (Å²) < 4.78 is 37.8. The molecule has 1 unspecified atom stereocenters. The van der Waals surface area contributed by atoms with E-state index in [0.717, 1.165) is 18.2 Å². The monoisotopic (exact) mass is 232 g/mol. The van der Waals surface area contributed by atoms with Crippen molar-refractivity contribution < 1.29 is 27.0 Å². The number of aliphatic carboxylic acids is 1. The SMILES string of the molecule is [2H]C([2H])(c1ccc(O)c(O)c1)C(NN)(C(=O)O)[13C]([2H])([2H])[2H]. The Balaban J connectivity index is 3.61. The molecule has 0 aliphatic carbocycles. The minimum Gasteiger partial charge on any atom is -0.504 e. The number of phenolic OH excluding ortho intramolecular Hbond substituents is 2. The van der Waals surface area contributed by atoms with Crippen molar-refractivity contribution in [2.45, 2.75) is 18.8 Å². The van der Waals surface area contributed by atoms with Gasteiger partial charge in [0, 0.05) is 13.2 Å². The molecule has 0 saturated carbocycles. The normalized spacial score (nSPS) is 20.7. The highest BCUT2D eigenvalue weighted by Crippen LogP contribution is 2.26. The summed E-state index contributed by atoms with van der Waals surface area (Å²) in [6.07, 6.45) is -3.02. The van der Waals surface area contributed by atoms with Gasteiger partial charge in [0.25, 0.3) is 0 Å². The molecule has 0 heterocycles. The summed E-state index contributed by atoms with van der Waals surface area (Å²) in [4.78, 5) is 11.4. The molecule has 0 fully saturated rings. The average Bonchev–Trinajstić information content (AvgIpc) is 2.31. The van der Waals surface area contributed by atoms with E-state index >= 15 is 0 Å². The second-order valence-corrected chi connectivity index (χ2v) is 3.03. The van der Waals surface area contributed by atoms with E-state index in [1.165, 1.54) is 0 Å². The predicted molar refractivity (Wildman–Crippen MR) is 56.8 cm³/mol. The molecule has 1 atom stereocenters. The first kappa shape index (κ1) is 6.72. The molecule has 0 aliphatic heterocycles. The van der Waals surface area contributed by atoms with Crippen molar-refractivity contribution in [2.24, 2.45) is 5.84 Å². The van der Waals surface area contributed by atoms with E-state index in [1.54, 1.807) is 5.43 Å². The van der Waals surface area contributed by atoms with Gasteiger partial charge < -0.3 is 15.3 Å². The van der Waals surface area contributed by atoms with Crippen molar-refractivity contribution in [1.29, 1.82) is 0 Å². The van der Waals surface area contributed by atoms with Crippen molar-refractivity contribution in [3.8, 4) is 11.5 Å². The molecule has 0 spiro atoms. The molecule has 0 amide bonds. The van der Waals surface area contributed by atoms with Gasteiger partial charge in [0.15, 0.2) is 11.5 Å². The van der Waals surface area contributed by atoms with Crippen molar-refractivity contribution in [2.75, 3.05) is 0 Å². The van der Waals surface area contributed by atoms with Gasteiger partial charge in [0.1, 0.15) is 5.54 Å². The first-order valence-electron chi connectivity index (χ1n) is 6.65. The van der Waals surface area contributed by atoms with E-state index in [-0.39, 0.29) is 0 Å². The van der Waals surface area contributed by atoms with E-state index in [4.69, 9.17) is 12.7 Å². The Morgan fingerprint density at radius 3 is 2.75 bits per heavy atom. The van der Waals surface area contributed by atoms with Gasteiger partial charge in [-0.15, -0.1) is 0 Å². The van der Waals surface area contributed by atoms with Crippen LogP contribution in [0.3, 0.4) is 0 Å². The lowest BCUT2D eigenvalue weighted by molar-refractivity contribution is -0.144. The van der Waals surface area contributed by atoms with Crippen LogP contribution in [0.25, 0.3) is 0 Å². The Bertz CT molecular complexity index is 563. The van der Waals surface area contributed by atoms with Crippen LogP contribution in [-0.2, 0) is 11.2 Å². The number of carbonyl (C=O) groups is 1. The minimum atomic E-state index is -3.34. The van der Waals surface area contributed by atoms with Crippen molar-refractivity contribution in [1.82, 2.24) is 5.43 Å². The molecular weight excluding hydrogens is 213 g/mol. The van der Waals surface area contributed by atoms with E-state index in [0.29, 0.717) is 0 Å². The lowest BCUT2D eigenvalue weighted by Gasteiger charge is -2.23. The maximum Gasteiger partial charge on any atom is 0.325 e. The molecule has 6 heteroatoms. The molecule has 88 valence electrons. The summed E-state index contributed by atoms with van der Waals surface area (Å²) in [7, 11) is 0. The largest absolute Gasteiger partial charge is 0.504 e. The number of benzene rings is 1. The molecule has 16 heavy (non-hydrogen) atoms. The van der Waals surface area contributed by atoms with Gasteiger partial charge in [0.2, 0.25) is 0 Å². The highest BCUT2D eigenvalue weighted by Gasteiger charge is 2.32. The number of hydrogen-bond donors (Lipinski definition) is 5. The van der Waals surface area contributed by atoms with Crippen LogP contribution in [0.2, 0.25) is 0 Å². The maximum atomic E-state index is 11.4. The van der Waals surface area contributed by atoms with E-state index in [1.807, 2.05) is 0 Å². The van der Waals surface area contributed by atoms with Crippen LogP contribution in [-0.4, -0.2) is 26.8 Å². The van der Waals surface area contributed by atoms with Crippen LogP contribution in [0.5, 0.6) is 11.5 Å². The van der Waals surface area contributed by atoms with Crippen molar-refractivity contribution in [3.63, 3.8) is 0 Å². The molecule has 0 bridgehead atoms. The molecule has 1 aromatic rings. The average molecular weight is 232 g/mol. The van der Waals surface area contributed by atoms with Crippen LogP contribution >= 0.6 is 0 Å². The number of carboxylic acids is 1. The quantitative estimate of drug-likeness (QED) is 0.215. The van der Waals surface area contributed by atoms with Gasteiger partial charge in [-0.25, -0.2) is 5.43 Å². The molecule has 1 aromatic carbocycles. The topological polar surface area (TPSA) is 116 Å². The van der Waals surface area contributed by atoms with Gasteiger partial charge in [0.05, 0.1) is 0 Å². The Kier molecular flexibility index (Phi) is 1.84. The summed E-state index contributed by atoms with van der Waals surface area (Å²) in [5.74, 6) is 1.73. The molecule has 1 rings (SSSR count). The number of nitrogens with one attached hydrogen (secondary N) is 1. The van der Waals surface area contributed by atoms with Gasteiger partial charge in [-0.3, -0.25) is 10.6 Å². The highest BCUT2D eigenvalue weighted by molar-refractivity contribution is 5.78. The zero-order chi connectivity index (χ0) is 16.6. The second kappa shape index (κ2) is 4.38. The van der Waals surface area contributed by atoms with Gasteiger partial charge in [-0.2, -0.15) is 0 Å². The summed E-state index contributed by atoms with van der Waals surface area (Å²) in [5, 5.41) is 27.8. The number of aromatic hydroxyl groups is 2. The summed E-state index contributed by atoms with van der Waals surface area (Å²) in [6, 6.07) is 2.59. The maximum absolute atomic E-state index is 11.4. The minimum absolute atomic E-state index is 0.478. The number of phenols is 2. The standard InChI is InChI=1S/C10H14N2O4/c1-10(12-11,9(15)16)5-6-2-3-7(13)8(14)4-6/h2-4,12-14H,5,11H2,1H3,(H,15,16)/i1+1D3,5D2. The molecule has 0 aliphatic rings. The third kappa shape index (κ3) is 2.41. The van der Waals surface area contributed by atoms with E-state index in [2.05, 4.69) is 0 Å². The fourth-order valence-electron chi connectivity index (χ4n) is 0.969. The van der Waals surface area contributed by atoms with Gasteiger partial charge in [-0.1, -0.05) is 6.07 Å². The van der Waals surface area contributed by atoms with Crippen molar-refractivity contribution in [3.05, 3.63) is 23.8 Å². The third-order valence-electron chi connectivity index (χ3n) is 1.84. The van der Waals surface area contributed by atoms with Crippen LogP contribution in [0, 0.1) is 0 Å².